The Morgan fingerprint density at radius 1 is 1.18 bits per heavy atom. The smallest absolute Gasteiger partial charge is 0.328 e. The van der Waals surface area contributed by atoms with Gasteiger partial charge in [-0.3, -0.25) is 14.2 Å². The number of amides is 1. The number of aromatic amines is 1. The summed E-state index contributed by atoms with van der Waals surface area (Å²) in [5.74, 6) is -0.340. The summed E-state index contributed by atoms with van der Waals surface area (Å²) < 4.78 is 6.08. The van der Waals surface area contributed by atoms with E-state index < -0.39 is 17.2 Å². The molecule has 1 amide bonds. The SMILES string of the molecule is COc1ccc(Cl)cc1NC(=O)c1c[nH]c(=O)n(Cc2ccccc2Cl)c1=O. The number of anilines is 1. The van der Waals surface area contributed by atoms with Crippen LogP contribution in [-0.4, -0.2) is 22.6 Å². The molecular weight excluding hydrogens is 405 g/mol. The molecule has 2 aromatic carbocycles. The predicted molar refractivity (Wildman–Crippen MR) is 108 cm³/mol. The molecule has 0 saturated heterocycles. The molecule has 0 radical (unpaired) electrons. The monoisotopic (exact) mass is 419 g/mol. The van der Waals surface area contributed by atoms with Crippen molar-refractivity contribution in [3.63, 3.8) is 0 Å². The van der Waals surface area contributed by atoms with Crippen LogP contribution in [-0.2, 0) is 6.54 Å². The Hall–Kier alpha value is -3.03. The van der Waals surface area contributed by atoms with Crippen LogP contribution in [0.3, 0.4) is 0 Å². The molecule has 0 fully saturated rings. The number of aromatic nitrogens is 2. The van der Waals surface area contributed by atoms with Gasteiger partial charge in [0.25, 0.3) is 11.5 Å². The fourth-order valence-electron chi connectivity index (χ4n) is 2.58. The van der Waals surface area contributed by atoms with Gasteiger partial charge in [0.05, 0.1) is 19.3 Å². The molecule has 0 unspecified atom stereocenters. The highest BCUT2D eigenvalue weighted by atomic mass is 35.5. The second kappa shape index (κ2) is 8.33. The van der Waals surface area contributed by atoms with Gasteiger partial charge >= 0.3 is 5.69 Å². The van der Waals surface area contributed by atoms with E-state index in [9.17, 15) is 14.4 Å². The Morgan fingerprint density at radius 3 is 2.64 bits per heavy atom. The first-order valence-corrected chi connectivity index (χ1v) is 8.87. The number of H-pyrrole nitrogens is 1. The van der Waals surface area contributed by atoms with Crippen LogP contribution in [0.1, 0.15) is 15.9 Å². The zero-order valence-corrected chi connectivity index (χ0v) is 16.2. The van der Waals surface area contributed by atoms with Crippen LogP contribution >= 0.6 is 23.2 Å². The highest BCUT2D eigenvalue weighted by Crippen LogP contribution is 2.27. The van der Waals surface area contributed by atoms with Gasteiger partial charge in [-0.25, -0.2) is 4.79 Å². The average molecular weight is 420 g/mol. The molecule has 144 valence electrons. The van der Waals surface area contributed by atoms with Crippen LogP contribution in [0.5, 0.6) is 5.75 Å². The van der Waals surface area contributed by atoms with E-state index in [1.54, 1.807) is 36.4 Å². The Morgan fingerprint density at radius 2 is 1.93 bits per heavy atom. The highest BCUT2D eigenvalue weighted by Gasteiger charge is 2.17. The summed E-state index contributed by atoms with van der Waals surface area (Å²) in [6, 6.07) is 11.5. The van der Waals surface area contributed by atoms with E-state index in [2.05, 4.69) is 10.3 Å². The molecule has 28 heavy (non-hydrogen) atoms. The summed E-state index contributed by atoms with van der Waals surface area (Å²) in [5, 5.41) is 3.36. The molecule has 0 aliphatic heterocycles. The minimum atomic E-state index is -0.748. The first-order valence-electron chi connectivity index (χ1n) is 8.11. The fourth-order valence-corrected chi connectivity index (χ4v) is 2.95. The van der Waals surface area contributed by atoms with Crippen LogP contribution < -0.4 is 21.3 Å². The Bertz CT molecular complexity index is 1150. The molecule has 1 aromatic heterocycles. The molecule has 2 N–H and O–H groups in total. The quantitative estimate of drug-likeness (QED) is 0.663. The van der Waals surface area contributed by atoms with Gasteiger partial charge in [-0.05, 0) is 29.8 Å². The van der Waals surface area contributed by atoms with Gasteiger partial charge in [0, 0.05) is 16.2 Å². The Labute approximate surface area is 169 Å². The van der Waals surface area contributed by atoms with Gasteiger partial charge < -0.3 is 15.0 Å². The molecule has 0 bridgehead atoms. The van der Waals surface area contributed by atoms with Crippen LogP contribution in [0.4, 0.5) is 5.69 Å². The summed E-state index contributed by atoms with van der Waals surface area (Å²) in [7, 11) is 1.44. The summed E-state index contributed by atoms with van der Waals surface area (Å²) in [6.07, 6.45) is 1.07. The topological polar surface area (TPSA) is 93.2 Å². The lowest BCUT2D eigenvalue weighted by molar-refractivity contribution is 0.102. The summed E-state index contributed by atoms with van der Waals surface area (Å²) in [6.45, 7) is -0.0740. The van der Waals surface area contributed by atoms with E-state index in [0.29, 0.717) is 27.0 Å². The maximum Gasteiger partial charge on any atom is 0.328 e. The maximum absolute atomic E-state index is 12.7. The third-order valence-corrected chi connectivity index (χ3v) is 4.61. The third kappa shape index (κ3) is 4.11. The van der Waals surface area contributed by atoms with Crippen molar-refractivity contribution in [3.05, 3.63) is 90.7 Å². The van der Waals surface area contributed by atoms with Gasteiger partial charge in [-0.1, -0.05) is 41.4 Å². The average Bonchev–Trinajstić information content (AvgIpc) is 2.66. The standard InChI is InChI=1S/C19H15Cl2N3O4/c1-28-16-7-6-12(20)8-15(16)23-17(25)13-9-22-19(27)24(18(13)26)10-11-4-2-3-5-14(11)21/h2-9H,10H2,1H3,(H,22,27)(H,23,25). The van der Waals surface area contributed by atoms with E-state index in [1.165, 1.54) is 13.2 Å². The zero-order valence-electron chi connectivity index (χ0n) is 14.7. The number of nitrogens with one attached hydrogen (secondary N) is 2. The number of nitrogens with zero attached hydrogens (tertiary/aromatic N) is 1. The number of methoxy groups -OCH3 is 1. The first kappa shape index (κ1) is 19.7. The van der Waals surface area contributed by atoms with Gasteiger partial charge in [-0.15, -0.1) is 0 Å². The molecule has 0 atom stereocenters. The van der Waals surface area contributed by atoms with Crippen LogP contribution in [0.15, 0.2) is 58.3 Å². The summed E-state index contributed by atoms with van der Waals surface area (Å²) in [5.41, 5.74) is -0.772. The lowest BCUT2D eigenvalue weighted by Crippen LogP contribution is -2.39. The number of rotatable bonds is 5. The number of halogens is 2. The Kier molecular flexibility index (Phi) is 5.87. The lowest BCUT2D eigenvalue weighted by atomic mass is 10.2. The van der Waals surface area contributed by atoms with Crippen molar-refractivity contribution >= 4 is 34.8 Å². The molecule has 0 spiro atoms. The molecule has 7 nitrogen and oxygen atoms in total. The van der Waals surface area contributed by atoms with E-state index in [-0.39, 0.29) is 12.1 Å². The predicted octanol–water partition coefficient (Wildman–Crippen LogP) is 3.15. The van der Waals surface area contributed by atoms with Crippen molar-refractivity contribution in [1.82, 2.24) is 9.55 Å². The normalized spacial score (nSPS) is 10.5. The number of carbonyl (C=O) groups excluding carboxylic acids is 1. The number of carbonyl (C=O) groups is 1. The number of ether oxygens (including phenoxy) is 1. The van der Waals surface area contributed by atoms with Gasteiger partial charge in [0.2, 0.25) is 0 Å². The van der Waals surface area contributed by atoms with Gasteiger partial charge in [0.15, 0.2) is 0 Å². The van der Waals surface area contributed by atoms with Crippen molar-refractivity contribution in [3.8, 4) is 5.75 Å². The van der Waals surface area contributed by atoms with Crippen molar-refractivity contribution < 1.29 is 9.53 Å². The number of benzene rings is 2. The molecule has 9 heteroatoms. The van der Waals surface area contributed by atoms with Gasteiger partial charge in [-0.2, -0.15) is 0 Å². The van der Waals surface area contributed by atoms with Crippen molar-refractivity contribution in [2.45, 2.75) is 6.54 Å². The molecule has 3 rings (SSSR count). The fraction of sp³-hybridized carbons (Fsp3) is 0.105. The Balaban J connectivity index is 1.96. The maximum atomic E-state index is 12.7. The van der Waals surface area contributed by atoms with E-state index in [4.69, 9.17) is 27.9 Å². The van der Waals surface area contributed by atoms with Gasteiger partial charge in [0.1, 0.15) is 11.3 Å². The lowest BCUT2D eigenvalue weighted by Gasteiger charge is -2.11. The molecule has 0 saturated carbocycles. The van der Waals surface area contributed by atoms with Crippen LogP contribution in [0.2, 0.25) is 10.0 Å². The second-order valence-electron chi connectivity index (χ2n) is 5.79. The molecular formula is C19H15Cl2N3O4. The molecule has 3 aromatic rings. The second-order valence-corrected chi connectivity index (χ2v) is 6.63. The molecule has 1 heterocycles. The first-order chi connectivity index (χ1) is 13.4. The largest absolute Gasteiger partial charge is 0.495 e. The van der Waals surface area contributed by atoms with Crippen LogP contribution in [0.25, 0.3) is 0 Å². The van der Waals surface area contributed by atoms with E-state index in [1.807, 2.05) is 0 Å². The van der Waals surface area contributed by atoms with Crippen molar-refractivity contribution in [1.29, 1.82) is 0 Å². The van der Waals surface area contributed by atoms with Crippen molar-refractivity contribution in [2.75, 3.05) is 12.4 Å². The minimum Gasteiger partial charge on any atom is -0.495 e. The third-order valence-electron chi connectivity index (χ3n) is 4.00. The number of hydrogen-bond acceptors (Lipinski definition) is 4. The number of hydrogen-bond donors (Lipinski definition) is 2. The van der Waals surface area contributed by atoms with E-state index in [0.717, 1.165) is 10.8 Å². The minimum absolute atomic E-state index is 0.0740. The summed E-state index contributed by atoms with van der Waals surface area (Å²) in [4.78, 5) is 39.9. The molecule has 0 aliphatic carbocycles. The van der Waals surface area contributed by atoms with E-state index >= 15 is 0 Å². The molecule has 0 aliphatic rings. The van der Waals surface area contributed by atoms with Crippen LogP contribution in [0, 0.1) is 0 Å². The van der Waals surface area contributed by atoms with Crippen molar-refractivity contribution in [2.24, 2.45) is 0 Å². The highest BCUT2D eigenvalue weighted by molar-refractivity contribution is 6.31. The zero-order chi connectivity index (χ0) is 20.3. The summed E-state index contributed by atoms with van der Waals surface area (Å²) >= 11 is 12.1.